The van der Waals surface area contributed by atoms with Crippen LogP contribution in [0.4, 0.5) is 5.95 Å². The molecule has 3 heterocycles. The lowest BCUT2D eigenvalue weighted by atomic mass is 10.3. The number of hydrogen-bond acceptors (Lipinski definition) is 6. The summed E-state index contributed by atoms with van der Waals surface area (Å²) in [4.78, 5) is 17.8. The van der Waals surface area contributed by atoms with Crippen LogP contribution in [0.5, 0.6) is 0 Å². The molecule has 9 heteroatoms. The number of nitrogens with one attached hydrogen (secondary N) is 1. The minimum atomic E-state index is 0.485. The Morgan fingerprint density at radius 3 is 2.58 bits per heavy atom. The van der Waals surface area contributed by atoms with E-state index in [4.69, 9.17) is 4.99 Å². The summed E-state index contributed by atoms with van der Waals surface area (Å²) in [5, 5.41) is 11.6. The van der Waals surface area contributed by atoms with E-state index in [0.717, 1.165) is 49.7 Å². The molecule has 1 aliphatic heterocycles. The highest BCUT2D eigenvalue weighted by Crippen LogP contribution is 2.10. The maximum atomic E-state index is 4.74. The summed E-state index contributed by atoms with van der Waals surface area (Å²) < 4.78 is 1.96. The van der Waals surface area contributed by atoms with Crippen LogP contribution in [-0.2, 0) is 13.6 Å². The zero-order chi connectivity index (χ0) is 18.4. The molecule has 0 radical (unpaired) electrons. The lowest BCUT2D eigenvalue weighted by Gasteiger charge is -2.36. The molecule has 1 N–H and O–H groups in total. The Balaban J connectivity index is 1.65. The van der Waals surface area contributed by atoms with Crippen LogP contribution < -0.4 is 10.2 Å². The number of aliphatic imine (C=N–C) groups is 1. The maximum Gasteiger partial charge on any atom is 0.225 e. The van der Waals surface area contributed by atoms with Crippen molar-refractivity contribution in [3.63, 3.8) is 0 Å². The van der Waals surface area contributed by atoms with Crippen molar-refractivity contribution < 1.29 is 0 Å². The van der Waals surface area contributed by atoms with E-state index >= 15 is 0 Å². The number of nitrogens with zero attached hydrogens (tertiary/aromatic N) is 8. The van der Waals surface area contributed by atoms with Gasteiger partial charge >= 0.3 is 0 Å². The predicted octanol–water partition coefficient (Wildman–Crippen LogP) is 0.367. The van der Waals surface area contributed by atoms with Gasteiger partial charge in [0.05, 0.1) is 0 Å². The van der Waals surface area contributed by atoms with Gasteiger partial charge in [0.2, 0.25) is 5.95 Å². The van der Waals surface area contributed by atoms with Gasteiger partial charge in [0.1, 0.15) is 12.4 Å². The van der Waals surface area contributed by atoms with Gasteiger partial charge in [-0.25, -0.2) is 15.0 Å². The molecule has 26 heavy (non-hydrogen) atoms. The smallest absolute Gasteiger partial charge is 0.225 e. The van der Waals surface area contributed by atoms with Gasteiger partial charge < -0.3 is 19.7 Å². The minimum Gasteiger partial charge on any atom is -0.353 e. The summed E-state index contributed by atoms with van der Waals surface area (Å²) in [5.74, 6) is 3.36. The van der Waals surface area contributed by atoms with Crippen LogP contribution in [0.25, 0.3) is 0 Å². The van der Waals surface area contributed by atoms with Crippen LogP contribution in [-0.4, -0.2) is 68.3 Å². The molecule has 0 aromatic carbocycles. The molecular weight excluding hydrogens is 330 g/mol. The van der Waals surface area contributed by atoms with E-state index in [1.165, 1.54) is 0 Å². The molecule has 2 aromatic heterocycles. The third-order valence-corrected chi connectivity index (χ3v) is 4.37. The van der Waals surface area contributed by atoms with Crippen LogP contribution in [0.15, 0.2) is 36.1 Å². The topological polar surface area (TPSA) is 87.4 Å². The fourth-order valence-corrected chi connectivity index (χ4v) is 2.74. The zero-order valence-electron chi connectivity index (χ0n) is 15.3. The van der Waals surface area contributed by atoms with Gasteiger partial charge in [-0.2, -0.15) is 0 Å². The lowest BCUT2D eigenvalue weighted by Crippen LogP contribution is -2.53. The van der Waals surface area contributed by atoms with Gasteiger partial charge in [-0.05, 0) is 13.0 Å². The number of anilines is 1. The normalized spacial score (nSPS) is 15.2. The highest BCUT2D eigenvalue weighted by Gasteiger charge is 2.21. The first-order valence-electron chi connectivity index (χ1n) is 8.70. The molecule has 0 unspecified atom stereocenters. The first kappa shape index (κ1) is 17.8. The van der Waals surface area contributed by atoms with E-state index in [1.54, 1.807) is 12.4 Å². The summed E-state index contributed by atoms with van der Waals surface area (Å²) in [7, 11) is 1.95. The molecule has 3 rings (SSSR count). The molecule has 9 nitrogen and oxygen atoms in total. The number of aromatic nitrogens is 5. The van der Waals surface area contributed by atoms with Crippen molar-refractivity contribution >= 4 is 11.9 Å². The van der Waals surface area contributed by atoms with Crippen molar-refractivity contribution in [2.45, 2.75) is 13.5 Å². The Hall–Kier alpha value is -2.97. The van der Waals surface area contributed by atoms with E-state index in [-0.39, 0.29) is 0 Å². The second-order valence-electron chi connectivity index (χ2n) is 6.05. The van der Waals surface area contributed by atoms with Gasteiger partial charge in [-0.1, -0.05) is 6.08 Å². The highest BCUT2D eigenvalue weighted by atomic mass is 15.4. The van der Waals surface area contributed by atoms with E-state index in [2.05, 4.69) is 41.9 Å². The molecule has 1 fully saturated rings. The summed E-state index contributed by atoms with van der Waals surface area (Å²) in [5.41, 5.74) is 0. The number of guanidine groups is 1. The van der Waals surface area contributed by atoms with E-state index in [1.807, 2.05) is 30.7 Å². The Bertz CT molecular complexity index is 745. The zero-order valence-corrected chi connectivity index (χ0v) is 15.3. The summed E-state index contributed by atoms with van der Waals surface area (Å²) in [6.45, 7) is 10.3. The standard InChI is InChI=1S/C17H25N9/c1-4-6-18-17(21-13-15-23-22-14(2)24(15)3)26-11-9-25(10-12-26)16-19-7-5-8-20-16/h4-5,7-8H,1,6,9-13H2,2-3H3,(H,18,21). The maximum absolute atomic E-state index is 4.74. The molecule has 0 atom stereocenters. The molecular formula is C17H25N9. The molecule has 0 spiro atoms. The van der Waals surface area contributed by atoms with Gasteiger partial charge in [-0.3, -0.25) is 0 Å². The third-order valence-electron chi connectivity index (χ3n) is 4.37. The van der Waals surface area contributed by atoms with Crippen LogP contribution in [0.1, 0.15) is 11.6 Å². The third kappa shape index (κ3) is 4.16. The summed E-state index contributed by atoms with van der Waals surface area (Å²) in [6, 6.07) is 1.83. The first-order chi connectivity index (χ1) is 12.7. The molecule has 0 amide bonds. The van der Waals surface area contributed by atoms with E-state index < -0.39 is 0 Å². The van der Waals surface area contributed by atoms with Gasteiger partial charge in [-0.15, -0.1) is 16.8 Å². The summed E-state index contributed by atoms with van der Waals surface area (Å²) >= 11 is 0. The summed E-state index contributed by atoms with van der Waals surface area (Å²) in [6.07, 6.45) is 5.38. The number of aryl methyl sites for hydroxylation is 1. The van der Waals surface area contributed by atoms with Crippen molar-refractivity contribution in [3.05, 3.63) is 42.8 Å². The van der Waals surface area contributed by atoms with Crippen LogP contribution in [0.2, 0.25) is 0 Å². The predicted molar refractivity (Wildman–Crippen MR) is 101 cm³/mol. The Labute approximate surface area is 153 Å². The second-order valence-corrected chi connectivity index (χ2v) is 6.05. The van der Waals surface area contributed by atoms with E-state index in [9.17, 15) is 0 Å². The first-order valence-corrected chi connectivity index (χ1v) is 8.70. The monoisotopic (exact) mass is 355 g/mol. The fourth-order valence-electron chi connectivity index (χ4n) is 2.74. The second kappa shape index (κ2) is 8.41. The molecule has 1 saturated heterocycles. The van der Waals surface area contributed by atoms with Crippen molar-refractivity contribution in [1.82, 2.24) is 34.9 Å². The average molecular weight is 355 g/mol. The Morgan fingerprint density at radius 1 is 1.23 bits per heavy atom. The molecule has 0 saturated carbocycles. The molecule has 1 aliphatic rings. The number of hydrogen-bond donors (Lipinski definition) is 1. The molecule has 2 aromatic rings. The Morgan fingerprint density at radius 2 is 1.96 bits per heavy atom. The van der Waals surface area contributed by atoms with Crippen LogP contribution >= 0.6 is 0 Å². The van der Waals surface area contributed by atoms with Gasteiger partial charge in [0.15, 0.2) is 11.8 Å². The molecule has 0 bridgehead atoms. The quantitative estimate of drug-likeness (QED) is 0.471. The minimum absolute atomic E-state index is 0.485. The van der Waals surface area contributed by atoms with Gasteiger partial charge in [0.25, 0.3) is 0 Å². The van der Waals surface area contributed by atoms with Crippen molar-refractivity contribution in [1.29, 1.82) is 0 Å². The molecule has 0 aliphatic carbocycles. The van der Waals surface area contributed by atoms with Crippen LogP contribution in [0, 0.1) is 6.92 Å². The average Bonchev–Trinajstić information content (AvgIpc) is 3.01. The number of rotatable bonds is 5. The van der Waals surface area contributed by atoms with Crippen LogP contribution in [0.3, 0.4) is 0 Å². The lowest BCUT2D eigenvalue weighted by molar-refractivity contribution is 0.370. The SMILES string of the molecule is C=CCNC(=NCc1nnc(C)n1C)N1CCN(c2ncccn2)CC1. The highest BCUT2D eigenvalue weighted by molar-refractivity contribution is 5.80. The van der Waals surface area contributed by atoms with Crippen molar-refractivity contribution in [2.24, 2.45) is 12.0 Å². The number of piperazine rings is 1. The molecule has 138 valence electrons. The fraction of sp³-hybridized carbons (Fsp3) is 0.471. The van der Waals surface area contributed by atoms with Crippen molar-refractivity contribution in [3.8, 4) is 0 Å². The Kier molecular flexibility index (Phi) is 5.77. The largest absolute Gasteiger partial charge is 0.353 e. The van der Waals surface area contributed by atoms with Gasteiger partial charge in [0, 0.05) is 52.2 Å². The van der Waals surface area contributed by atoms with E-state index in [0.29, 0.717) is 13.1 Å². The van der Waals surface area contributed by atoms with Crippen molar-refractivity contribution in [2.75, 3.05) is 37.6 Å².